The van der Waals surface area contributed by atoms with E-state index in [1.165, 1.54) is 0 Å². The lowest BCUT2D eigenvalue weighted by Gasteiger charge is -2.28. The first kappa shape index (κ1) is 22.5. The van der Waals surface area contributed by atoms with Crippen LogP contribution < -0.4 is 10.2 Å². The van der Waals surface area contributed by atoms with Crippen molar-refractivity contribution in [3.05, 3.63) is 35.9 Å². The van der Waals surface area contributed by atoms with Crippen LogP contribution >= 0.6 is 0 Å². The highest BCUT2D eigenvalue weighted by molar-refractivity contribution is 5.86. The second-order valence-electron chi connectivity index (χ2n) is 8.23. The molecule has 3 aromatic heterocycles. The number of hydrogen-bond acceptors (Lipinski definition) is 7. The quantitative estimate of drug-likeness (QED) is 0.430. The number of ether oxygens (including phenoxy) is 1. The monoisotopic (exact) mass is 474 g/mol. The fourth-order valence-corrected chi connectivity index (χ4v) is 4.16. The topological polar surface area (TPSA) is 85.9 Å². The largest absolute Gasteiger partial charge is 0.390 e. The highest BCUT2D eigenvalue weighted by Crippen LogP contribution is 2.28. The smallest absolute Gasteiger partial charge is 0.378 e. The van der Waals surface area contributed by atoms with Gasteiger partial charge in [0.25, 0.3) is 0 Å². The SMILES string of the molecule is Cc1nc2ccccc2n1-c1nc(N2CCOCC2)c2nc(CNCCC(F)(F)F)n(C)c2n1. The van der Waals surface area contributed by atoms with E-state index in [9.17, 15) is 13.2 Å². The molecule has 0 amide bonds. The summed E-state index contributed by atoms with van der Waals surface area (Å²) in [4.78, 5) is 21.2. The highest BCUT2D eigenvalue weighted by atomic mass is 19.4. The predicted octanol–water partition coefficient (Wildman–Crippen LogP) is 2.89. The first-order valence-electron chi connectivity index (χ1n) is 11.1. The Morgan fingerprint density at radius 1 is 1.06 bits per heavy atom. The van der Waals surface area contributed by atoms with Gasteiger partial charge in [-0.1, -0.05) is 12.1 Å². The molecule has 1 aromatic carbocycles. The van der Waals surface area contributed by atoms with E-state index in [0.29, 0.717) is 55.1 Å². The summed E-state index contributed by atoms with van der Waals surface area (Å²) >= 11 is 0. The summed E-state index contributed by atoms with van der Waals surface area (Å²) < 4.78 is 46.7. The van der Waals surface area contributed by atoms with Crippen LogP contribution in [0.2, 0.25) is 0 Å². The molecule has 1 saturated heterocycles. The van der Waals surface area contributed by atoms with Crippen molar-refractivity contribution in [2.45, 2.75) is 26.1 Å². The van der Waals surface area contributed by atoms with Crippen molar-refractivity contribution in [2.75, 3.05) is 37.7 Å². The lowest BCUT2D eigenvalue weighted by atomic mass is 10.3. The lowest BCUT2D eigenvalue weighted by Crippen LogP contribution is -2.37. The number of benzene rings is 1. The number of rotatable bonds is 6. The van der Waals surface area contributed by atoms with Crippen LogP contribution in [-0.4, -0.2) is 68.1 Å². The van der Waals surface area contributed by atoms with Crippen molar-refractivity contribution < 1.29 is 17.9 Å². The summed E-state index contributed by atoms with van der Waals surface area (Å²) in [5, 5.41) is 2.83. The van der Waals surface area contributed by atoms with Gasteiger partial charge in [-0.15, -0.1) is 0 Å². The summed E-state index contributed by atoms with van der Waals surface area (Å²) in [6, 6.07) is 7.78. The number of fused-ring (bicyclic) bond motifs is 2. The van der Waals surface area contributed by atoms with E-state index < -0.39 is 12.6 Å². The molecule has 4 heterocycles. The molecule has 0 spiro atoms. The van der Waals surface area contributed by atoms with Gasteiger partial charge in [-0.3, -0.25) is 4.57 Å². The Morgan fingerprint density at radius 2 is 1.82 bits per heavy atom. The molecule has 9 nitrogen and oxygen atoms in total. The van der Waals surface area contributed by atoms with E-state index in [4.69, 9.17) is 19.7 Å². The molecular weight excluding hydrogens is 449 g/mol. The number of para-hydroxylation sites is 2. The van der Waals surface area contributed by atoms with Crippen LogP contribution in [0.15, 0.2) is 24.3 Å². The second kappa shape index (κ2) is 8.84. The summed E-state index contributed by atoms with van der Waals surface area (Å²) in [5.74, 6) is 2.49. The minimum absolute atomic E-state index is 0.180. The van der Waals surface area contributed by atoms with Crippen molar-refractivity contribution in [2.24, 2.45) is 7.05 Å². The number of imidazole rings is 2. The van der Waals surface area contributed by atoms with Gasteiger partial charge >= 0.3 is 6.18 Å². The summed E-state index contributed by atoms with van der Waals surface area (Å²) in [5.41, 5.74) is 2.96. The molecule has 1 fully saturated rings. The number of aryl methyl sites for hydroxylation is 2. The molecule has 34 heavy (non-hydrogen) atoms. The number of aromatic nitrogens is 6. The van der Waals surface area contributed by atoms with Crippen LogP contribution in [0.3, 0.4) is 0 Å². The maximum atomic E-state index is 12.5. The Hall–Kier alpha value is -3.25. The van der Waals surface area contributed by atoms with Gasteiger partial charge in [-0.2, -0.15) is 23.1 Å². The third-order valence-electron chi connectivity index (χ3n) is 5.89. The van der Waals surface area contributed by atoms with Crippen LogP contribution in [-0.2, 0) is 18.3 Å². The van der Waals surface area contributed by atoms with Crippen LogP contribution in [0.5, 0.6) is 0 Å². The Morgan fingerprint density at radius 3 is 2.59 bits per heavy atom. The average molecular weight is 474 g/mol. The number of nitrogens with one attached hydrogen (secondary N) is 1. The normalized spacial score (nSPS) is 15.0. The van der Waals surface area contributed by atoms with Crippen molar-refractivity contribution in [1.82, 2.24) is 34.4 Å². The zero-order chi connectivity index (χ0) is 23.9. The average Bonchev–Trinajstić information content (AvgIpc) is 3.32. The van der Waals surface area contributed by atoms with Crippen LogP contribution in [0.4, 0.5) is 19.0 Å². The molecule has 12 heteroatoms. The Balaban J connectivity index is 1.59. The van der Waals surface area contributed by atoms with Gasteiger partial charge in [0.05, 0.1) is 37.2 Å². The van der Waals surface area contributed by atoms with E-state index in [-0.39, 0.29) is 13.1 Å². The zero-order valence-electron chi connectivity index (χ0n) is 18.9. The summed E-state index contributed by atoms with van der Waals surface area (Å²) in [7, 11) is 1.81. The van der Waals surface area contributed by atoms with Gasteiger partial charge in [-0.25, -0.2) is 9.97 Å². The summed E-state index contributed by atoms with van der Waals surface area (Å²) in [6.45, 7) is 4.38. The molecule has 1 N–H and O–H groups in total. The number of morpholine rings is 1. The molecule has 4 aromatic rings. The van der Waals surface area contributed by atoms with E-state index >= 15 is 0 Å². The van der Waals surface area contributed by atoms with Crippen LogP contribution in [0.25, 0.3) is 28.1 Å². The number of hydrogen-bond donors (Lipinski definition) is 1. The van der Waals surface area contributed by atoms with Gasteiger partial charge < -0.3 is 19.5 Å². The van der Waals surface area contributed by atoms with Gasteiger partial charge in [0.2, 0.25) is 5.95 Å². The predicted molar refractivity (Wildman–Crippen MR) is 121 cm³/mol. The minimum atomic E-state index is -4.20. The molecule has 0 bridgehead atoms. The molecule has 0 radical (unpaired) electrons. The first-order valence-corrected chi connectivity index (χ1v) is 11.1. The highest BCUT2D eigenvalue weighted by Gasteiger charge is 2.27. The fourth-order valence-electron chi connectivity index (χ4n) is 4.16. The number of alkyl halides is 3. The van der Waals surface area contributed by atoms with Crippen molar-refractivity contribution in [1.29, 1.82) is 0 Å². The standard InChI is InChI=1S/C22H25F3N8O/c1-14-27-15-5-3-4-6-16(15)33(14)21-29-19-18(20(30-21)32-9-11-34-12-10-32)28-17(31(19)2)13-26-8-7-22(23,24)25/h3-6,26H,7-13H2,1-2H3. The van der Waals surface area contributed by atoms with E-state index in [2.05, 4.69) is 15.2 Å². The number of nitrogens with zero attached hydrogens (tertiary/aromatic N) is 7. The molecule has 0 unspecified atom stereocenters. The molecule has 1 aliphatic rings. The number of halogens is 3. The maximum Gasteiger partial charge on any atom is 0.390 e. The Labute approximate surface area is 193 Å². The first-order chi connectivity index (χ1) is 16.3. The molecule has 180 valence electrons. The molecule has 0 aliphatic carbocycles. The van der Waals surface area contributed by atoms with Gasteiger partial charge in [0, 0.05) is 26.7 Å². The fraction of sp³-hybridized carbons (Fsp3) is 0.455. The Kier molecular flexibility index (Phi) is 5.86. The molecule has 0 atom stereocenters. The van der Waals surface area contributed by atoms with Gasteiger partial charge in [0.1, 0.15) is 11.6 Å². The third-order valence-corrected chi connectivity index (χ3v) is 5.89. The van der Waals surface area contributed by atoms with E-state index in [1.54, 1.807) is 4.57 Å². The van der Waals surface area contributed by atoms with Crippen LogP contribution in [0, 0.1) is 6.92 Å². The van der Waals surface area contributed by atoms with Crippen molar-refractivity contribution in [3.63, 3.8) is 0 Å². The molecule has 5 rings (SSSR count). The molecular formula is C22H25F3N8O. The Bertz CT molecular complexity index is 1320. The van der Waals surface area contributed by atoms with Crippen molar-refractivity contribution in [3.8, 4) is 5.95 Å². The maximum absolute atomic E-state index is 12.5. The third kappa shape index (κ3) is 4.30. The molecule has 1 aliphatic heterocycles. The lowest BCUT2D eigenvalue weighted by molar-refractivity contribution is -0.133. The molecule has 0 saturated carbocycles. The van der Waals surface area contributed by atoms with Gasteiger partial charge in [-0.05, 0) is 19.1 Å². The van der Waals surface area contributed by atoms with Crippen LogP contribution in [0.1, 0.15) is 18.1 Å². The second-order valence-corrected chi connectivity index (χ2v) is 8.23. The summed E-state index contributed by atoms with van der Waals surface area (Å²) in [6.07, 6.45) is -5.10. The van der Waals surface area contributed by atoms with E-state index in [0.717, 1.165) is 16.9 Å². The van der Waals surface area contributed by atoms with E-state index in [1.807, 2.05) is 42.8 Å². The number of anilines is 1. The zero-order valence-corrected chi connectivity index (χ0v) is 18.9. The van der Waals surface area contributed by atoms with Gasteiger partial charge in [0.15, 0.2) is 17.0 Å². The minimum Gasteiger partial charge on any atom is -0.378 e. The van der Waals surface area contributed by atoms with Crippen molar-refractivity contribution >= 4 is 28.0 Å².